The summed E-state index contributed by atoms with van der Waals surface area (Å²) in [4.78, 5) is 12.7. The van der Waals surface area contributed by atoms with Crippen molar-refractivity contribution in [2.24, 2.45) is 5.92 Å². The molecule has 1 aromatic carbocycles. The molecule has 0 unspecified atom stereocenters. The van der Waals surface area contributed by atoms with E-state index in [1.54, 1.807) is 13.2 Å². The third-order valence-corrected chi connectivity index (χ3v) is 8.39. The second kappa shape index (κ2) is 9.91. The number of methoxy groups -OCH3 is 1. The van der Waals surface area contributed by atoms with E-state index in [9.17, 15) is 15.0 Å². The van der Waals surface area contributed by atoms with Crippen molar-refractivity contribution in [1.82, 2.24) is 5.32 Å². The average molecular weight is 432 g/mol. The first-order chi connectivity index (χ1) is 14.9. The van der Waals surface area contributed by atoms with Crippen LogP contribution >= 0.6 is 0 Å². The fourth-order valence-corrected chi connectivity index (χ4v) is 6.37. The van der Waals surface area contributed by atoms with Gasteiger partial charge in [-0.15, -0.1) is 0 Å². The molecule has 2 aliphatic carbocycles. The van der Waals surface area contributed by atoms with Crippen molar-refractivity contribution in [3.63, 3.8) is 0 Å². The van der Waals surface area contributed by atoms with Crippen molar-refractivity contribution in [3.8, 4) is 5.75 Å². The smallest absolute Gasteiger partial charge is 0.323 e. The number of hydrogen-bond acceptors (Lipinski definition) is 4. The van der Waals surface area contributed by atoms with Gasteiger partial charge in [-0.25, -0.2) is 0 Å². The first-order valence-corrected chi connectivity index (χ1v) is 12.2. The molecule has 0 aliphatic heterocycles. The molecule has 0 aromatic heterocycles. The number of phenols is 1. The summed E-state index contributed by atoms with van der Waals surface area (Å²) < 4.78 is 5.99. The van der Waals surface area contributed by atoms with Crippen molar-refractivity contribution in [1.29, 1.82) is 0 Å². The molecule has 1 saturated carbocycles. The van der Waals surface area contributed by atoms with Crippen LogP contribution in [0.1, 0.15) is 89.7 Å². The van der Waals surface area contributed by atoms with Gasteiger partial charge in [-0.2, -0.15) is 0 Å². The van der Waals surface area contributed by atoms with Gasteiger partial charge in [0.1, 0.15) is 11.3 Å². The Morgan fingerprint density at radius 3 is 2.42 bits per heavy atom. The lowest BCUT2D eigenvalue weighted by Gasteiger charge is -2.52. The molecule has 0 spiro atoms. The summed E-state index contributed by atoms with van der Waals surface area (Å²) in [5.74, 6) is -0.0315. The van der Waals surface area contributed by atoms with E-state index in [0.717, 1.165) is 31.2 Å². The zero-order valence-corrected chi connectivity index (χ0v) is 19.7. The van der Waals surface area contributed by atoms with Crippen molar-refractivity contribution in [2.75, 3.05) is 7.11 Å². The molecule has 0 amide bonds. The first kappa shape index (κ1) is 24.1. The van der Waals surface area contributed by atoms with Crippen LogP contribution in [0.5, 0.6) is 5.75 Å². The van der Waals surface area contributed by atoms with Gasteiger partial charge in [0.15, 0.2) is 0 Å². The van der Waals surface area contributed by atoms with Crippen LogP contribution < -0.4 is 5.32 Å². The quantitative estimate of drug-likeness (QED) is 0.502. The summed E-state index contributed by atoms with van der Waals surface area (Å²) in [6, 6.07) is 5.49. The molecule has 5 nitrogen and oxygen atoms in total. The maximum absolute atomic E-state index is 12.7. The Morgan fingerprint density at radius 1 is 1.19 bits per heavy atom. The number of carboxylic acid groups (broad SMARTS) is 1. The fraction of sp³-hybridized carbons (Fsp3) is 0.731. The van der Waals surface area contributed by atoms with Gasteiger partial charge in [0.05, 0.1) is 6.10 Å². The van der Waals surface area contributed by atoms with E-state index in [2.05, 4.69) is 19.2 Å². The lowest BCUT2D eigenvalue weighted by molar-refractivity contribution is -0.148. The molecule has 2 aliphatic rings. The molecule has 3 rings (SSSR count). The Balaban J connectivity index is 2.04. The number of carboxylic acids is 1. The van der Waals surface area contributed by atoms with Crippen LogP contribution in [0.15, 0.2) is 18.2 Å². The molecule has 0 bridgehead atoms. The number of phenolic OH excluding ortho intramolecular Hbond substituents is 1. The van der Waals surface area contributed by atoms with Crippen LogP contribution in [0.25, 0.3) is 0 Å². The first-order valence-electron chi connectivity index (χ1n) is 12.2. The molecule has 1 aromatic rings. The number of benzene rings is 1. The Hall–Kier alpha value is -1.59. The standard InChI is InChI=1S/C26H41NO4/c1-5-25(6-2)21-16-20(28)14-13-19(21)15-22(31-4)23(25)27-26(7-3,24(29)30)17-18-11-9-8-10-12-18/h13-14,16,18,22-23,27-28H,5-12,15,17H2,1-4H3,(H,29,30)/t22-,23+,26+/m0/s1. The molecule has 3 atom stereocenters. The van der Waals surface area contributed by atoms with Crippen LogP contribution in [-0.2, 0) is 21.4 Å². The number of carbonyl (C=O) groups is 1. The van der Waals surface area contributed by atoms with E-state index in [-0.39, 0.29) is 23.3 Å². The van der Waals surface area contributed by atoms with Crippen LogP contribution in [0.4, 0.5) is 0 Å². The average Bonchev–Trinajstić information content (AvgIpc) is 2.79. The maximum Gasteiger partial charge on any atom is 0.323 e. The monoisotopic (exact) mass is 431 g/mol. The van der Waals surface area contributed by atoms with E-state index in [0.29, 0.717) is 25.2 Å². The molecular formula is C26H41NO4. The van der Waals surface area contributed by atoms with Crippen LogP contribution in [-0.4, -0.2) is 41.0 Å². The molecule has 3 N–H and O–H groups in total. The largest absolute Gasteiger partial charge is 0.508 e. The van der Waals surface area contributed by atoms with Gasteiger partial charge in [0, 0.05) is 25.0 Å². The third kappa shape index (κ3) is 4.49. The molecule has 0 saturated heterocycles. The molecule has 1 fully saturated rings. The predicted molar refractivity (Wildman–Crippen MR) is 124 cm³/mol. The summed E-state index contributed by atoms with van der Waals surface area (Å²) in [6.45, 7) is 6.33. The van der Waals surface area contributed by atoms with E-state index in [1.807, 2.05) is 19.1 Å². The summed E-state index contributed by atoms with van der Waals surface area (Å²) in [7, 11) is 1.73. The molecule has 0 radical (unpaired) electrons. The Morgan fingerprint density at radius 2 is 1.87 bits per heavy atom. The van der Waals surface area contributed by atoms with Crippen LogP contribution in [0.3, 0.4) is 0 Å². The summed E-state index contributed by atoms with van der Waals surface area (Å²) in [5.41, 5.74) is 1.07. The number of rotatable bonds is 9. The second-order valence-corrected chi connectivity index (χ2v) is 9.75. The number of aromatic hydroxyl groups is 1. The van der Waals surface area contributed by atoms with Gasteiger partial charge in [-0.3, -0.25) is 10.1 Å². The maximum atomic E-state index is 12.7. The van der Waals surface area contributed by atoms with E-state index in [4.69, 9.17) is 4.74 Å². The van der Waals surface area contributed by atoms with E-state index >= 15 is 0 Å². The fourth-order valence-electron chi connectivity index (χ4n) is 6.37. The van der Waals surface area contributed by atoms with Gasteiger partial charge in [0.25, 0.3) is 0 Å². The minimum absolute atomic E-state index is 0.117. The number of ether oxygens (including phenoxy) is 1. The van der Waals surface area contributed by atoms with E-state index in [1.165, 1.54) is 24.8 Å². The van der Waals surface area contributed by atoms with Gasteiger partial charge in [-0.05, 0) is 54.9 Å². The normalized spacial score (nSPS) is 25.5. The van der Waals surface area contributed by atoms with Crippen molar-refractivity contribution >= 4 is 5.97 Å². The lowest BCUT2D eigenvalue weighted by atomic mass is 9.61. The van der Waals surface area contributed by atoms with Crippen molar-refractivity contribution < 1.29 is 19.7 Å². The molecule has 174 valence electrons. The summed E-state index contributed by atoms with van der Waals surface area (Å²) in [5, 5.41) is 24.4. The predicted octanol–water partition coefficient (Wildman–Crippen LogP) is 5.18. The zero-order valence-electron chi connectivity index (χ0n) is 19.7. The Labute approximate surface area is 187 Å². The topological polar surface area (TPSA) is 78.8 Å². The van der Waals surface area contributed by atoms with Crippen molar-refractivity contribution in [2.45, 2.75) is 108 Å². The van der Waals surface area contributed by atoms with E-state index < -0.39 is 11.5 Å². The third-order valence-electron chi connectivity index (χ3n) is 8.39. The number of hydrogen-bond donors (Lipinski definition) is 3. The summed E-state index contributed by atoms with van der Waals surface area (Å²) in [6.07, 6.45) is 9.42. The Bertz CT molecular complexity index is 754. The highest BCUT2D eigenvalue weighted by Gasteiger charge is 2.51. The molecule has 31 heavy (non-hydrogen) atoms. The summed E-state index contributed by atoms with van der Waals surface area (Å²) >= 11 is 0. The van der Waals surface area contributed by atoms with Crippen LogP contribution in [0, 0.1) is 5.92 Å². The van der Waals surface area contributed by atoms with Crippen LogP contribution in [0.2, 0.25) is 0 Å². The Kier molecular flexibility index (Phi) is 7.69. The van der Waals surface area contributed by atoms with Gasteiger partial charge in [-0.1, -0.05) is 58.9 Å². The zero-order chi connectivity index (χ0) is 22.6. The number of fused-ring (bicyclic) bond motifs is 1. The van der Waals surface area contributed by atoms with Crippen molar-refractivity contribution in [3.05, 3.63) is 29.3 Å². The highest BCUT2D eigenvalue weighted by Crippen LogP contribution is 2.46. The second-order valence-electron chi connectivity index (χ2n) is 9.75. The highest BCUT2D eigenvalue weighted by atomic mass is 16.5. The van der Waals surface area contributed by atoms with Gasteiger partial charge in [0.2, 0.25) is 0 Å². The lowest BCUT2D eigenvalue weighted by Crippen LogP contribution is -2.67. The molecule has 5 heteroatoms. The molecular weight excluding hydrogens is 390 g/mol. The van der Waals surface area contributed by atoms with Gasteiger partial charge >= 0.3 is 5.97 Å². The number of nitrogens with one attached hydrogen (secondary N) is 1. The highest BCUT2D eigenvalue weighted by molar-refractivity contribution is 5.79. The number of aliphatic carboxylic acids is 1. The minimum atomic E-state index is -0.965. The molecule has 0 heterocycles. The SMILES string of the molecule is CCC1(CC)c2cc(O)ccc2C[C@H](OC)[C@H]1N[C@](CC)(CC1CCCCC1)C(=O)O. The minimum Gasteiger partial charge on any atom is -0.508 e. The van der Waals surface area contributed by atoms with Gasteiger partial charge < -0.3 is 14.9 Å².